The minimum absolute atomic E-state index is 0.255. The van der Waals surface area contributed by atoms with E-state index in [1.54, 1.807) is 29.2 Å². The number of halogens is 1. The first kappa shape index (κ1) is 19.8. The first-order valence-corrected chi connectivity index (χ1v) is 10.6. The highest BCUT2D eigenvalue weighted by Crippen LogP contribution is 2.44. The van der Waals surface area contributed by atoms with E-state index in [1.165, 1.54) is 11.3 Å². The zero-order valence-electron chi connectivity index (χ0n) is 15.9. The third kappa shape index (κ3) is 3.73. The molecule has 2 heterocycles. The molecule has 3 aromatic rings. The van der Waals surface area contributed by atoms with Crippen LogP contribution in [-0.4, -0.2) is 23.3 Å². The summed E-state index contributed by atoms with van der Waals surface area (Å²) in [5.74, 6) is -0.734. The molecule has 0 aliphatic carbocycles. The molecule has 4 nitrogen and oxygen atoms in total. The zero-order valence-corrected chi connectivity index (χ0v) is 17.5. The molecule has 0 fully saturated rings. The fourth-order valence-electron chi connectivity index (χ4n) is 3.71. The van der Waals surface area contributed by atoms with E-state index < -0.39 is 11.5 Å². The number of hydrogen-bond donors (Lipinski definition) is 1. The van der Waals surface area contributed by atoms with E-state index in [-0.39, 0.29) is 12.2 Å². The van der Waals surface area contributed by atoms with Gasteiger partial charge in [0.15, 0.2) is 11.4 Å². The summed E-state index contributed by atoms with van der Waals surface area (Å²) in [7, 11) is 0. The summed E-state index contributed by atoms with van der Waals surface area (Å²) < 4.78 is 0. The van der Waals surface area contributed by atoms with Crippen LogP contribution in [0.1, 0.15) is 32.1 Å². The van der Waals surface area contributed by atoms with E-state index in [2.05, 4.69) is 0 Å². The lowest BCUT2D eigenvalue weighted by atomic mass is 9.89. The molecule has 0 saturated heterocycles. The van der Waals surface area contributed by atoms with Crippen molar-refractivity contribution in [3.05, 3.63) is 86.6 Å². The van der Waals surface area contributed by atoms with Crippen LogP contribution >= 0.6 is 22.9 Å². The van der Waals surface area contributed by atoms with Crippen molar-refractivity contribution in [3.63, 3.8) is 0 Å². The molecular formula is C23H20ClNO3S. The van der Waals surface area contributed by atoms with E-state index in [1.807, 2.05) is 43.3 Å². The highest BCUT2D eigenvalue weighted by atomic mass is 35.5. The highest BCUT2D eigenvalue weighted by Gasteiger charge is 2.51. The zero-order chi connectivity index (χ0) is 20.6. The minimum atomic E-state index is -1.91. The highest BCUT2D eigenvalue weighted by molar-refractivity contribution is 7.14. The smallest absolute Gasteiger partial charge is 0.264 e. The van der Waals surface area contributed by atoms with E-state index in [4.69, 9.17) is 11.6 Å². The molecule has 29 heavy (non-hydrogen) atoms. The third-order valence-electron chi connectivity index (χ3n) is 5.19. The molecule has 0 bridgehead atoms. The topological polar surface area (TPSA) is 57.6 Å². The number of carbonyl (C=O) groups excluding carboxylic acids is 2. The van der Waals surface area contributed by atoms with E-state index in [0.717, 1.165) is 10.4 Å². The van der Waals surface area contributed by atoms with Crippen molar-refractivity contribution in [2.45, 2.75) is 25.4 Å². The second-order valence-corrected chi connectivity index (χ2v) is 8.95. The predicted molar refractivity (Wildman–Crippen MR) is 116 cm³/mol. The molecule has 0 saturated carbocycles. The fraction of sp³-hybridized carbons (Fsp3) is 0.217. The number of carbonyl (C=O) groups is 2. The number of amides is 1. The Morgan fingerprint density at radius 1 is 1.14 bits per heavy atom. The van der Waals surface area contributed by atoms with Gasteiger partial charge in [-0.25, -0.2) is 0 Å². The molecule has 1 amide bonds. The van der Waals surface area contributed by atoms with Crippen molar-refractivity contribution in [2.75, 3.05) is 11.4 Å². The van der Waals surface area contributed by atoms with Gasteiger partial charge in [0.1, 0.15) is 0 Å². The van der Waals surface area contributed by atoms with Gasteiger partial charge in [-0.2, -0.15) is 0 Å². The molecule has 1 aliphatic rings. The third-order valence-corrected chi connectivity index (χ3v) is 6.47. The Bertz CT molecular complexity index is 1080. The maximum atomic E-state index is 13.3. The Kier molecular flexibility index (Phi) is 5.30. The van der Waals surface area contributed by atoms with Crippen LogP contribution in [0.3, 0.4) is 0 Å². The van der Waals surface area contributed by atoms with Crippen molar-refractivity contribution in [1.29, 1.82) is 0 Å². The van der Waals surface area contributed by atoms with Crippen LogP contribution in [0, 0.1) is 6.92 Å². The number of rotatable bonds is 6. The lowest BCUT2D eigenvalue weighted by Gasteiger charge is -2.22. The number of anilines is 1. The number of Topliss-reactive ketones (excluding diaryl/α,β-unsaturated/α-hetero) is 1. The van der Waals surface area contributed by atoms with E-state index >= 15 is 0 Å². The normalized spacial score (nSPS) is 18.2. The van der Waals surface area contributed by atoms with Crippen LogP contribution in [0.15, 0.2) is 60.7 Å². The predicted octanol–water partition coefficient (Wildman–Crippen LogP) is 4.76. The maximum Gasteiger partial charge on any atom is 0.264 e. The molecule has 1 atom stereocenters. The average Bonchev–Trinajstić information content (AvgIpc) is 3.23. The molecule has 1 aromatic heterocycles. The monoisotopic (exact) mass is 425 g/mol. The average molecular weight is 426 g/mol. The molecule has 0 radical (unpaired) electrons. The van der Waals surface area contributed by atoms with E-state index in [0.29, 0.717) is 34.1 Å². The van der Waals surface area contributed by atoms with Gasteiger partial charge < -0.3 is 10.0 Å². The number of benzene rings is 2. The standard InChI is InChI=1S/C23H20ClNO3S/c1-15-7-10-21(29-15)20(26)14-23(28)18-13-17(24)8-9-19(18)25(22(23)27)12-11-16-5-3-2-4-6-16/h2-10,13,28H,11-12,14H2,1H3. The van der Waals surface area contributed by atoms with Gasteiger partial charge >= 0.3 is 0 Å². The lowest BCUT2D eigenvalue weighted by Crippen LogP contribution is -2.42. The number of fused-ring (bicyclic) bond motifs is 1. The van der Waals surface area contributed by atoms with Gasteiger partial charge in [0.25, 0.3) is 5.91 Å². The number of nitrogens with zero attached hydrogens (tertiary/aromatic N) is 1. The Morgan fingerprint density at radius 3 is 2.59 bits per heavy atom. The summed E-state index contributed by atoms with van der Waals surface area (Å²) in [4.78, 5) is 29.2. The Morgan fingerprint density at radius 2 is 1.90 bits per heavy atom. The first-order valence-electron chi connectivity index (χ1n) is 9.36. The Hall–Kier alpha value is -2.47. The van der Waals surface area contributed by atoms with Gasteiger partial charge in [0, 0.05) is 22.0 Å². The molecule has 1 N–H and O–H groups in total. The molecule has 1 unspecified atom stereocenters. The second kappa shape index (κ2) is 7.75. The number of thiophene rings is 1. The van der Waals surface area contributed by atoms with Crippen LogP contribution < -0.4 is 4.90 Å². The van der Waals surface area contributed by atoms with Gasteiger partial charge in [-0.3, -0.25) is 9.59 Å². The molecular weight excluding hydrogens is 406 g/mol. The first-order chi connectivity index (χ1) is 13.9. The van der Waals surface area contributed by atoms with Crippen LogP contribution in [-0.2, 0) is 16.8 Å². The summed E-state index contributed by atoms with van der Waals surface area (Å²) in [6.07, 6.45) is 0.337. The van der Waals surface area contributed by atoms with Gasteiger partial charge in [0.2, 0.25) is 0 Å². The van der Waals surface area contributed by atoms with Gasteiger partial charge in [-0.1, -0.05) is 41.9 Å². The summed E-state index contributed by atoms with van der Waals surface area (Å²) >= 11 is 7.51. The SMILES string of the molecule is Cc1ccc(C(=O)CC2(O)C(=O)N(CCc3ccccc3)c3ccc(Cl)cc32)s1. The molecule has 148 valence electrons. The van der Waals surface area contributed by atoms with Gasteiger partial charge in [-0.15, -0.1) is 11.3 Å². The molecule has 1 aliphatic heterocycles. The van der Waals surface area contributed by atoms with Crippen molar-refractivity contribution in [1.82, 2.24) is 0 Å². The molecule has 4 rings (SSSR count). The number of hydrogen-bond acceptors (Lipinski definition) is 4. The molecule has 6 heteroatoms. The van der Waals surface area contributed by atoms with Gasteiger partial charge in [-0.05, 0) is 49.2 Å². The molecule has 2 aromatic carbocycles. The maximum absolute atomic E-state index is 13.3. The van der Waals surface area contributed by atoms with Crippen LogP contribution in [0.2, 0.25) is 5.02 Å². The van der Waals surface area contributed by atoms with Crippen molar-refractivity contribution in [2.24, 2.45) is 0 Å². The lowest BCUT2D eigenvalue weighted by molar-refractivity contribution is -0.135. The van der Waals surface area contributed by atoms with Gasteiger partial charge in [0.05, 0.1) is 17.0 Å². The summed E-state index contributed by atoms with van der Waals surface area (Å²) in [5.41, 5.74) is 0.181. The number of aliphatic hydroxyl groups is 1. The summed E-state index contributed by atoms with van der Waals surface area (Å²) in [6, 6.07) is 18.4. The Labute approximate surface area is 178 Å². The minimum Gasteiger partial charge on any atom is -0.375 e. The number of ketones is 1. The Balaban J connectivity index is 1.65. The van der Waals surface area contributed by atoms with Crippen LogP contribution in [0.25, 0.3) is 0 Å². The molecule has 0 spiro atoms. The quantitative estimate of drug-likeness (QED) is 0.579. The van der Waals surface area contributed by atoms with Crippen LogP contribution in [0.4, 0.5) is 5.69 Å². The van der Waals surface area contributed by atoms with Crippen molar-refractivity contribution < 1.29 is 14.7 Å². The van der Waals surface area contributed by atoms with E-state index in [9.17, 15) is 14.7 Å². The largest absolute Gasteiger partial charge is 0.375 e. The summed E-state index contributed by atoms with van der Waals surface area (Å²) in [5, 5.41) is 11.8. The number of aryl methyl sites for hydroxylation is 1. The summed E-state index contributed by atoms with van der Waals surface area (Å²) in [6.45, 7) is 2.32. The van der Waals surface area contributed by atoms with Crippen molar-refractivity contribution >= 4 is 40.3 Å². The van der Waals surface area contributed by atoms with Crippen LogP contribution in [0.5, 0.6) is 0 Å². The fourth-order valence-corrected chi connectivity index (χ4v) is 4.68. The van der Waals surface area contributed by atoms with Crippen molar-refractivity contribution in [3.8, 4) is 0 Å². The second-order valence-electron chi connectivity index (χ2n) is 7.22.